The van der Waals surface area contributed by atoms with Crippen LogP contribution in [0.15, 0.2) is 97.7 Å². The number of aromatic nitrogens is 4. The first-order valence-corrected chi connectivity index (χ1v) is 44.7. The van der Waals surface area contributed by atoms with Crippen molar-refractivity contribution >= 4 is 140 Å². The van der Waals surface area contributed by atoms with E-state index in [-0.39, 0.29) is 62.9 Å². The lowest BCUT2D eigenvalue weighted by Crippen LogP contribution is -2.62. The smallest absolute Gasteiger partial charge is 0.246 e. The summed E-state index contributed by atoms with van der Waals surface area (Å²) >= 11 is 0.716. The number of para-hydroxylation sites is 2. The first kappa shape index (κ1) is 102. The fraction of sp³-hybridized carbons (Fsp3) is 0.506. The van der Waals surface area contributed by atoms with Gasteiger partial charge in [-0.25, -0.2) is 4.98 Å². The highest BCUT2D eigenvalue weighted by Crippen LogP contribution is 2.28. The Hall–Kier alpha value is -13.6. The van der Waals surface area contributed by atoms with Gasteiger partial charge in [0.05, 0.1) is 50.1 Å². The maximum atomic E-state index is 15.6. The van der Waals surface area contributed by atoms with Crippen LogP contribution < -0.4 is 70.4 Å². The zero-order valence-electron chi connectivity index (χ0n) is 74.1. The van der Waals surface area contributed by atoms with E-state index in [0.29, 0.717) is 75.9 Å². The van der Waals surface area contributed by atoms with Crippen molar-refractivity contribution in [3.05, 3.63) is 120 Å². The van der Waals surface area contributed by atoms with Gasteiger partial charge in [0, 0.05) is 119 Å². The van der Waals surface area contributed by atoms with E-state index in [9.17, 15) is 73.2 Å². The normalized spacial score (nSPS) is 25.0. The molecule has 3 aromatic carbocycles. The van der Waals surface area contributed by atoms with Crippen molar-refractivity contribution in [2.45, 2.75) is 214 Å². The number of fused-ring (bicyclic) bond motifs is 4. The van der Waals surface area contributed by atoms with E-state index in [1.807, 2.05) is 6.92 Å². The second-order valence-corrected chi connectivity index (χ2v) is 34.1. The molecule has 0 unspecified atom stereocenters. The minimum absolute atomic E-state index is 0.0362. The number of thioether (sulfide) groups is 1. The summed E-state index contributed by atoms with van der Waals surface area (Å²) in [5, 5.41) is 70.2. The van der Waals surface area contributed by atoms with Crippen LogP contribution in [0.2, 0.25) is 0 Å². The van der Waals surface area contributed by atoms with Crippen LogP contribution in [0.5, 0.6) is 5.75 Å². The van der Waals surface area contributed by atoms with Crippen molar-refractivity contribution in [1.29, 1.82) is 0 Å². The average Bonchev–Trinajstić information content (AvgIpc) is 1.59. The summed E-state index contributed by atoms with van der Waals surface area (Å²) in [6.45, 7) is 1.12. The number of nitrogens with zero attached hydrogens (tertiary/aromatic N) is 6. The van der Waals surface area contributed by atoms with Crippen LogP contribution in [0, 0.1) is 0 Å². The molecule has 714 valence electrons. The molecule has 132 heavy (non-hydrogen) atoms. The van der Waals surface area contributed by atoms with E-state index in [2.05, 4.69) is 73.1 Å². The third-order valence-electron chi connectivity index (χ3n) is 23.5. The predicted molar refractivity (Wildman–Crippen MR) is 477 cm³/mol. The van der Waals surface area contributed by atoms with Gasteiger partial charge < -0.3 is 130 Å². The predicted octanol–water partition coefficient (Wildman–Crippen LogP) is -4.98. The maximum absolute atomic E-state index is 15.6. The third kappa shape index (κ3) is 27.5. The molecule has 0 spiro atoms. The first-order valence-electron chi connectivity index (χ1n) is 43.5. The second-order valence-electron chi connectivity index (χ2n) is 33.0. The number of nitrogens with one attached hydrogen (secondary N) is 13. The number of carbonyl (C=O) groups excluding carboxylic acids is 18. The van der Waals surface area contributed by atoms with E-state index < -0.39 is 267 Å². The molecule has 0 aliphatic carbocycles. The summed E-state index contributed by atoms with van der Waals surface area (Å²) in [7, 11) is 3.79. The van der Waals surface area contributed by atoms with Gasteiger partial charge in [-0.15, -0.1) is 11.8 Å². The molecule has 15 atom stereocenters. The number of aromatic hydroxyl groups is 1. The summed E-state index contributed by atoms with van der Waals surface area (Å²) in [6, 6.07) is -3.77. The number of hydrogen-bond acceptors (Lipinski definition) is 24. The summed E-state index contributed by atoms with van der Waals surface area (Å²) in [5.74, 6) is -19.5. The number of hydrogen-bond donors (Lipinski definition) is 20. The van der Waals surface area contributed by atoms with Crippen molar-refractivity contribution in [1.82, 2.24) is 97.6 Å². The number of aliphatic hydroxyl groups excluding tert-OH is 3. The number of nitrogens with two attached hydrogens (primary N) is 3. The van der Waals surface area contributed by atoms with Crippen LogP contribution in [-0.4, -0.2) is 327 Å². The SMILES string of the molecule is CCCC[C@H]1C(=O)N(C)[C@@H](CCCC)C(=O)N[C@@H](CO)C(=O)N[C@H](C(=O)NCC(N)=O)CSCC(=O)N[C@@H](Cc2ccc(O)cc2)C(=O)N(C)[C@@H](C)C(=O)N[C@@H](CC(N)=O)C(=O)N2CCC[C@H]2C(=O)N[C@@H](Cc2c[nH]cn2)C(=O)N[C@@H](CCC(N)=O)C(=O)N2C[C@H](O)C[C@H]2C(=O)N[C@@H](Cc2c[nH]c3ccccc23)C(=O)N[C@@H](CO)C(=O)N[C@@H](Cc2c[nH]c3ccccc23)C(=O)N1C. The van der Waals surface area contributed by atoms with E-state index in [0.717, 1.165) is 24.5 Å². The molecular formula is C87H118N22O22S. The molecule has 9 rings (SSSR count). The Morgan fingerprint density at radius 3 is 1.61 bits per heavy atom. The maximum Gasteiger partial charge on any atom is 0.246 e. The van der Waals surface area contributed by atoms with Crippen molar-refractivity contribution < 1.29 is 107 Å². The molecule has 3 aromatic heterocycles. The topological polar surface area (TPSA) is 663 Å². The van der Waals surface area contributed by atoms with Crippen molar-refractivity contribution in [2.24, 2.45) is 17.2 Å². The lowest BCUT2D eigenvalue weighted by atomic mass is 10.00. The minimum atomic E-state index is -1.93. The van der Waals surface area contributed by atoms with E-state index >= 15 is 33.6 Å². The third-order valence-corrected chi connectivity index (χ3v) is 24.5. The quantitative estimate of drug-likeness (QED) is 0.0270. The average molecular weight is 1860 g/mol. The second kappa shape index (κ2) is 48.4. The van der Waals surface area contributed by atoms with Crippen LogP contribution >= 0.6 is 11.8 Å². The van der Waals surface area contributed by atoms with Gasteiger partial charge in [0.25, 0.3) is 0 Å². The standard InChI is InChI=1S/C87H118N22O22S/c1-7-9-20-66-80(124)103-64(42-111)79(123)104-65(75(119)94-39-72(90)116)43-132-44-73(117)96-60(30-47-23-25-51(112)26-24-47)83(127)105(4)46(3)74(118)100-62(35-71(89)115)86(130)108-29-15-22-67(108)81(125)99-59(33-50-38-91-45-95-50)77(121)97-57(27-28-70(88)114)85(129)109-40-52(113)34-69(109)82(126)98-58(31-48-36-92-55-18-13-11-16-53(48)55)76(120)102-63(41-110)78(122)101-61(32-49-37-93-56-19-14-12-17-54(49)56)84(128)107(6)68(21-10-8-2)87(131)106(66)5/h11-14,16-19,23-26,36-38,45-46,52,57-69,92-93,110-113H,7-10,15,20-22,27-35,39-44H2,1-6H3,(H2,88,114)(H2,89,115)(H2,90,116)(H,91,95)(H,94,119)(H,96,117)(H,97,121)(H,98,126)(H,99,125)(H,100,118)(H,101,122)(H,102,120)(H,103,124)(H,104,123)/t46-,52+,57-,58-,59-,60-,61-,62-,63-,64-,65-,66-,67-,68-,69-/m0/s1. The summed E-state index contributed by atoms with van der Waals surface area (Å²) < 4.78 is 0. The Morgan fingerprint density at radius 1 is 0.515 bits per heavy atom. The number of amides is 18. The summed E-state index contributed by atoms with van der Waals surface area (Å²) in [5.41, 5.74) is 19.4. The Labute approximate surface area is 763 Å². The zero-order valence-corrected chi connectivity index (χ0v) is 74.9. The Bertz CT molecular complexity index is 5150. The van der Waals surface area contributed by atoms with Gasteiger partial charge in [0.2, 0.25) is 106 Å². The highest BCUT2D eigenvalue weighted by Gasteiger charge is 2.47. The number of primary amides is 3. The first-order chi connectivity index (χ1) is 62.9. The number of phenolic OH excluding ortho intramolecular Hbond substituents is 1. The number of aromatic amines is 3. The van der Waals surface area contributed by atoms with Crippen LogP contribution in [0.25, 0.3) is 21.8 Å². The number of H-pyrrole nitrogens is 3. The van der Waals surface area contributed by atoms with Gasteiger partial charge in [0.1, 0.15) is 90.3 Å². The Morgan fingerprint density at radius 2 is 1.03 bits per heavy atom. The molecule has 45 heteroatoms. The number of likely N-dealkylation sites (N-methyl/N-ethyl adjacent to an activating group) is 3. The fourth-order valence-electron chi connectivity index (χ4n) is 16.0. The van der Waals surface area contributed by atoms with Crippen LogP contribution in [-0.2, 0) is 112 Å². The zero-order chi connectivity index (χ0) is 96.3. The van der Waals surface area contributed by atoms with E-state index in [4.69, 9.17) is 17.2 Å². The van der Waals surface area contributed by atoms with Gasteiger partial charge >= 0.3 is 0 Å². The number of unbranched alkanes of at least 4 members (excludes halogenated alkanes) is 2. The fourth-order valence-corrected chi connectivity index (χ4v) is 16.9. The molecule has 6 aromatic rings. The largest absolute Gasteiger partial charge is 0.508 e. The number of aliphatic hydroxyl groups is 3. The van der Waals surface area contributed by atoms with E-state index in [1.165, 1.54) is 64.9 Å². The van der Waals surface area contributed by atoms with Crippen molar-refractivity contribution in [3.63, 3.8) is 0 Å². The molecule has 3 aliphatic rings. The lowest BCUT2D eigenvalue weighted by Gasteiger charge is -2.36. The molecule has 0 bridgehead atoms. The number of imidazole rings is 1. The molecular weight excluding hydrogens is 1740 g/mol. The minimum Gasteiger partial charge on any atom is -0.508 e. The van der Waals surface area contributed by atoms with Gasteiger partial charge in [-0.05, 0) is 80.0 Å². The van der Waals surface area contributed by atoms with Gasteiger partial charge in [-0.3, -0.25) is 86.3 Å². The highest BCUT2D eigenvalue weighted by atomic mass is 32.2. The molecule has 23 N–H and O–H groups in total. The lowest BCUT2D eigenvalue weighted by molar-refractivity contribution is -0.149. The molecule has 0 radical (unpaired) electrons. The number of benzene rings is 3. The van der Waals surface area contributed by atoms with Crippen LogP contribution in [0.3, 0.4) is 0 Å². The monoisotopic (exact) mass is 1850 g/mol. The number of phenols is 1. The van der Waals surface area contributed by atoms with E-state index in [1.54, 1.807) is 67.8 Å². The van der Waals surface area contributed by atoms with Crippen LogP contribution in [0.1, 0.15) is 120 Å². The van der Waals surface area contributed by atoms with Crippen molar-refractivity contribution in [3.8, 4) is 5.75 Å². The molecule has 3 saturated heterocycles. The molecule has 44 nitrogen and oxygen atoms in total. The van der Waals surface area contributed by atoms with Gasteiger partial charge in [0.15, 0.2) is 0 Å². The number of carbonyl (C=O) groups is 18. The van der Waals surface area contributed by atoms with Gasteiger partial charge in [-0.1, -0.05) is 88.1 Å². The summed E-state index contributed by atoms with van der Waals surface area (Å²) in [6.07, 6.45) is 2.04. The van der Waals surface area contributed by atoms with Crippen molar-refractivity contribution in [2.75, 3.05) is 65.5 Å². The Kier molecular flexibility index (Phi) is 37.4. The van der Waals surface area contributed by atoms with Crippen LogP contribution in [0.4, 0.5) is 0 Å². The number of rotatable bonds is 24. The molecule has 3 aliphatic heterocycles. The highest BCUT2D eigenvalue weighted by molar-refractivity contribution is 8.00. The summed E-state index contributed by atoms with van der Waals surface area (Å²) in [4.78, 5) is 279. The molecule has 6 heterocycles. The molecule has 3 fully saturated rings. The van der Waals surface area contributed by atoms with Gasteiger partial charge in [-0.2, -0.15) is 0 Å². The molecule has 18 amide bonds. The molecule has 0 saturated carbocycles. The Balaban J connectivity index is 1.09.